The molecule has 0 aliphatic carbocycles. The maximum Gasteiger partial charge on any atom is 0.319 e. The number of hydrogen-bond donors (Lipinski definition) is 1. The highest BCUT2D eigenvalue weighted by Gasteiger charge is 2.01. The molecule has 5 heteroatoms. The van der Waals surface area contributed by atoms with Crippen LogP contribution in [0.2, 0.25) is 5.15 Å². The molecule has 1 heterocycles. The molecule has 0 unspecified atom stereocenters. The molecule has 1 N–H and O–H groups in total. The van der Waals surface area contributed by atoms with E-state index in [1.54, 1.807) is 6.07 Å². The molecule has 1 rings (SSSR count). The highest BCUT2D eigenvalue weighted by molar-refractivity contribution is 6.29. The second kappa shape index (κ2) is 6.45. The number of methoxy groups -OCH3 is 1. The fourth-order valence-corrected chi connectivity index (χ4v) is 1.35. The summed E-state index contributed by atoms with van der Waals surface area (Å²) < 4.78 is 4.92. The van der Waals surface area contributed by atoms with Crippen LogP contribution in [0.3, 0.4) is 0 Å². The number of rotatable bonds is 6. The Morgan fingerprint density at radius 3 is 2.87 bits per heavy atom. The zero-order valence-electron chi connectivity index (χ0n) is 9.09. The standard InChI is InChI=1S/C10H16ClN3O/c1-3-4-5-6-12-9-7-8(11)13-10(14-9)15-2/h7H,3-6H2,1-2H3,(H,12,13,14). The lowest BCUT2D eigenvalue weighted by Gasteiger charge is -2.06. The first kappa shape index (κ1) is 12.0. The molecule has 84 valence electrons. The van der Waals surface area contributed by atoms with Crippen molar-refractivity contribution in [3.05, 3.63) is 11.2 Å². The first-order valence-corrected chi connectivity index (χ1v) is 5.46. The van der Waals surface area contributed by atoms with E-state index >= 15 is 0 Å². The van der Waals surface area contributed by atoms with E-state index in [4.69, 9.17) is 16.3 Å². The third-order valence-electron chi connectivity index (χ3n) is 1.94. The number of ether oxygens (including phenoxy) is 1. The van der Waals surface area contributed by atoms with Crippen LogP contribution in [0.1, 0.15) is 26.2 Å². The van der Waals surface area contributed by atoms with Crippen LogP contribution in [0.15, 0.2) is 6.07 Å². The van der Waals surface area contributed by atoms with Crippen molar-refractivity contribution in [2.24, 2.45) is 0 Å². The van der Waals surface area contributed by atoms with E-state index in [1.165, 1.54) is 20.0 Å². The van der Waals surface area contributed by atoms with Crippen LogP contribution in [0.4, 0.5) is 5.82 Å². The highest BCUT2D eigenvalue weighted by atomic mass is 35.5. The largest absolute Gasteiger partial charge is 0.467 e. The molecule has 0 aliphatic rings. The van der Waals surface area contributed by atoms with Gasteiger partial charge in [-0.15, -0.1) is 0 Å². The van der Waals surface area contributed by atoms with Crippen LogP contribution in [0, 0.1) is 0 Å². The first-order valence-electron chi connectivity index (χ1n) is 5.08. The average molecular weight is 230 g/mol. The SMILES string of the molecule is CCCCCNc1cc(Cl)nc(OC)n1. The van der Waals surface area contributed by atoms with E-state index in [0.29, 0.717) is 17.0 Å². The molecular formula is C10H16ClN3O. The Morgan fingerprint density at radius 2 is 2.20 bits per heavy atom. The summed E-state index contributed by atoms with van der Waals surface area (Å²) in [6.07, 6.45) is 3.54. The molecule has 0 fully saturated rings. The Labute approximate surface area is 95.0 Å². The molecule has 0 aromatic carbocycles. The molecule has 0 bridgehead atoms. The Bertz CT molecular complexity index is 307. The summed E-state index contributed by atoms with van der Waals surface area (Å²) in [6, 6.07) is 1.98. The molecule has 0 spiro atoms. The van der Waals surface area contributed by atoms with Crippen LogP contribution < -0.4 is 10.1 Å². The minimum Gasteiger partial charge on any atom is -0.467 e. The predicted octanol–water partition coefficient (Wildman–Crippen LogP) is 2.74. The molecule has 15 heavy (non-hydrogen) atoms. The van der Waals surface area contributed by atoms with Gasteiger partial charge in [0.15, 0.2) is 0 Å². The van der Waals surface area contributed by atoms with Crippen LogP contribution in [-0.4, -0.2) is 23.6 Å². The van der Waals surface area contributed by atoms with Gasteiger partial charge in [0.25, 0.3) is 0 Å². The Hall–Kier alpha value is -1.03. The smallest absolute Gasteiger partial charge is 0.319 e. The summed E-state index contributed by atoms with van der Waals surface area (Å²) in [7, 11) is 1.52. The average Bonchev–Trinajstić information content (AvgIpc) is 2.23. The molecule has 1 aromatic rings. The Morgan fingerprint density at radius 1 is 1.40 bits per heavy atom. The quantitative estimate of drug-likeness (QED) is 0.602. The Kier molecular flexibility index (Phi) is 5.18. The van der Waals surface area contributed by atoms with E-state index in [9.17, 15) is 0 Å². The van der Waals surface area contributed by atoms with E-state index in [-0.39, 0.29) is 0 Å². The van der Waals surface area contributed by atoms with Crippen molar-refractivity contribution in [1.29, 1.82) is 0 Å². The van der Waals surface area contributed by atoms with E-state index in [0.717, 1.165) is 13.0 Å². The zero-order valence-corrected chi connectivity index (χ0v) is 9.84. The molecule has 0 saturated heterocycles. The Balaban J connectivity index is 2.49. The van der Waals surface area contributed by atoms with Gasteiger partial charge in [-0.1, -0.05) is 31.4 Å². The van der Waals surface area contributed by atoms with E-state index in [1.807, 2.05) is 0 Å². The molecule has 0 radical (unpaired) electrons. The van der Waals surface area contributed by atoms with Crippen molar-refractivity contribution >= 4 is 17.4 Å². The fourth-order valence-electron chi connectivity index (χ4n) is 1.17. The van der Waals surface area contributed by atoms with Gasteiger partial charge in [-0.3, -0.25) is 0 Å². The highest BCUT2D eigenvalue weighted by Crippen LogP contribution is 2.15. The third kappa shape index (κ3) is 4.34. The number of nitrogens with one attached hydrogen (secondary N) is 1. The monoisotopic (exact) mass is 229 g/mol. The number of hydrogen-bond acceptors (Lipinski definition) is 4. The second-order valence-electron chi connectivity index (χ2n) is 3.20. The molecule has 0 aliphatic heterocycles. The molecule has 1 aromatic heterocycles. The third-order valence-corrected chi connectivity index (χ3v) is 2.14. The van der Waals surface area contributed by atoms with Crippen molar-refractivity contribution in [2.75, 3.05) is 19.0 Å². The van der Waals surface area contributed by atoms with Gasteiger partial charge in [-0.2, -0.15) is 9.97 Å². The summed E-state index contributed by atoms with van der Waals surface area (Å²) in [6.45, 7) is 3.06. The van der Waals surface area contributed by atoms with Gasteiger partial charge in [0.1, 0.15) is 11.0 Å². The normalized spacial score (nSPS) is 10.1. The molecule has 0 atom stereocenters. The van der Waals surface area contributed by atoms with Crippen LogP contribution >= 0.6 is 11.6 Å². The maximum atomic E-state index is 5.80. The molecule has 0 saturated carbocycles. The lowest BCUT2D eigenvalue weighted by atomic mass is 10.2. The van der Waals surface area contributed by atoms with Gasteiger partial charge in [-0.05, 0) is 6.42 Å². The molecule has 0 amide bonds. The van der Waals surface area contributed by atoms with Gasteiger partial charge >= 0.3 is 6.01 Å². The summed E-state index contributed by atoms with van der Waals surface area (Å²) in [5.41, 5.74) is 0. The number of anilines is 1. The zero-order chi connectivity index (χ0) is 11.1. The van der Waals surface area contributed by atoms with Gasteiger partial charge in [0.05, 0.1) is 7.11 Å². The number of unbranched alkanes of at least 4 members (excludes halogenated alkanes) is 2. The lowest BCUT2D eigenvalue weighted by Crippen LogP contribution is -2.04. The fraction of sp³-hybridized carbons (Fsp3) is 0.600. The van der Waals surface area contributed by atoms with Gasteiger partial charge in [-0.25, -0.2) is 0 Å². The van der Waals surface area contributed by atoms with E-state index in [2.05, 4.69) is 22.2 Å². The number of aromatic nitrogens is 2. The van der Waals surface area contributed by atoms with Crippen molar-refractivity contribution < 1.29 is 4.74 Å². The molecule has 4 nitrogen and oxygen atoms in total. The van der Waals surface area contributed by atoms with Gasteiger partial charge in [0.2, 0.25) is 0 Å². The predicted molar refractivity (Wildman–Crippen MR) is 61.6 cm³/mol. The van der Waals surface area contributed by atoms with E-state index < -0.39 is 0 Å². The van der Waals surface area contributed by atoms with Crippen LogP contribution in [0.25, 0.3) is 0 Å². The second-order valence-corrected chi connectivity index (χ2v) is 3.58. The topological polar surface area (TPSA) is 47.0 Å². The van der Waals surface area contributed by atoms with Crippen molar-refractivity contribution in [3.8, 4) is 6.01 Å². The maximum absolute atomic E-state index is 5.80. The summed E-state index contributed by atoms with van der Waals surface area (Å²) in [5, 5.41) is 3.57. The van der Waals surface area contributed by atoms with Crippen molar-refractivity contribution in [3.63, 3.8) is 0 Å². The lowest BCUT2D eigenvalue weighted by molar-refractivity contribution is 0.380. The summed E-state index contributed by atoms with van der Waals surface area (Å²) in [4.78, 5) is 8.01. The summed E-state index contributed by atoms with van der Waals surface area (Å²) >= 11 is 5.80. The molecular weight excluding hydrogens is 214 g/mol. The number of halogens is 1. The van der Waals surface area contributed by atoms with Gasteiger partial charge < -0.3 is 10.1 Å². The van der Waals surface area contributed by atoms with Crippen LogP contribution in [-0.2, 0) is 0 Å². The number of nitrogens with zero attached hydrogens (tertiary/aromatic N) is 2. The van der Waals surface area contributed by atoms with Crippen molar-refractivity contribution in [1.82, 2.24) is 9.97 Å². The van der Waals surface area contributed by atoms with Crippen molar-refractivity contribution in [2.45, 2.75) is 26.2 Å². The first-order chi connectivity index (χ1) is 7.26. The summed E-state index contributed by atoms with van der Waals surface area (Å²) in [5.74, 6) is 0.711. The van der Waals surface area contributed by atoms with Gasteiger partial charge in [0, 0.05) is 12.6 Å². The minimum atomic E-state index is 0.292. The minimum absolute atomic E-state index is 0.292. The van der Waals surface area contributed by atoms with Crippen LogP contribution in [0.5, 0.6) is 6.01 Å².